The second-order valence-electron chi connectivity index (χ2n) is 4.23. The number of anilines is 1. The van der Waals surface area contributed by atoms with Crippen molar-refractivity contribution in [3.05, 3.63) is 39.3 Å². The topological polar surface area (TPSA) is 143 Å². The maximum Gasteiger partial charge on any atom is 0.275 e. The molecular weight excluding hydrogens is 392 g/mol. The van der Waals surface area contributed by atoms with Crippen molar-refractivity contribution in [2.24, 2.45) is 5.73 Å². The molecule has 23 heavy (non-hydrogen) atoms. The van der Waals surface area contributed by atoms with Crippen LogP contribution in [0.15, 0.2) is 22.9 Å². The Labute approximate surface area is 143 Å². The van der Waals surface area contributed by atoms with Crippen molar-refractivity contribution in [1.29, 1.82) is 0 Å². The lowest BCUT2D eigenvalue weighted by Gasteiger charge is -2.07. The Bertz CT molecular complexity index is 778. The molecule has 0 saturated heterocycles. The third-order valence-corrected chi connectivity index (χ3v) is 3.31. The van der Waals surface area contributed by atoms with Gasteiger partial charge in [-0.15, -0.1) is 0 Å². The van der Waals surface area contributed by atoms with Crippen molar-refractivity contribution in [3.63, 3.8) is 0 Å². The van der Waals surface area contributed by atoms with E-state index in [1.54, 1.807) is 6.07 Å². The Balaban J connectivity index is 2.16. The van der Waals surface area contributed by atoms with Gasteiger partial charge in [-0.25, -0.2) is 4.98 Å². The summed E-state index contributed by atoms with van der Waals surface area (Å²) < 4.78 is 0.429. The third kappa shape index (κ3) is 4.27. The maximum atomic E-state index is 12.2. The largest absolute Gasteiger partial charge is 0.368 e. The number of pyridine rings is 1. The van der Waals surface area contributed by atoms with Crippen molar-refractivity contribution in [1.82, 2.24) is 20.5 Å². The SMILES string of the molecule is NC(=O)CNC(=O)c1[nH]ncc1NC(=O)c1nc(Br)ccc1Cl. The second kappa shape index (κ2) is 7.20. The standard InChI is InChI=1S/C12H10BrClN6O3/c13-7-2-1-5(14)9(19-7)12(23)18-6-3-17-20-10(6)11(22)16-4-8(15)21/h1-3H,4H2,(H2,15,21)(H,16,22)(H,17,20)(H,18,23). The molecule has 0 aliphatic heterocycles. The van der Waals surface area contributed by atoms with E-state index < -0.39 is 17.7 Å². The molecule has 0 aromatic carbocycles. The van der Waals surface area contributed by atoms with E-state index in [0.717, 1.165) is 0 Å². The van der Waals surface area contributed by atoms with E-state index in [2.05, 4.69) is 41.7 Å². The summed E-state index contributed by atoms with van der Waals surface area (Å²) in [6.45, 7) is -0.343. The molecule has 0 unspecified atom stereocenters. The van der Waals surface area contributed by atoms with Crippen LogP contribution in [-0.2, 0) is 4.79 Å². The molecule has 0 radical (unpaired) electrons. The molecule has 0 bridgehead atoms. The summed E-state index contributed by atoms with van der Waals surface area (Å²) >= 11 is 9.06. The van der Waals surface area contributed by atoms with E-state index >= 15 is 0 Å². The molecule has 2 aromatic rings. The molecule has 0 saturated carbocycles. The minimum absolute atomic E-state index is 0.0225. The maximum absolute atomic E-state index is 12.2. The Morgan fingerprint density at radius 2 is 2.04 bits per heavy atom. The molecule has 2 aromatic heterocycles. The predicted octanol–water partition coefficient (Wildman–Crippen LogP) is 0.688. The van der Waals surface area contributed by atoms with Gasteiger partial charge in [-0.3, -0.25) is 19.5 Å². The van der Waals surface area contributed by atoms with Crippen LogP contribution in [-0.4, -0.2) is 39.4 Å². The number of primary amides is 1. The van der Waals surface area contributed by atoms with Gasteiger partial charge in [-0.2, -0.15) is 5.10 Å². The van der Waals surface area contributed by atoms with Gasteiger partial charge in [-0.1, -0.05) is 11.6 Å². The summed E-state index contributed by atoms with van der Waals surface area (Å²) in [5.74, 6) is -1.97. The Morgan fingerprint density at radius 1 is 1.30 bits per heavy atom. The van der Waals surface area contributed by atoms with Gasteiger partial charge in [0.05, 0.1) is 23.5 Å². The number of hydrogen-bond donors (Lipinski definition) is 4. The van der Waals surface area contributed by atoms with Gasteiger partial charge < -0.3 is 16.4 Å². The zero-order chi connectivity index (χ0) is 17.0. The number of nitrogens with two attached hydrogens (primary N) is 1. The average molecular weight is 402 g/mol. The molecule has 0 aliphatic rings. The monoisotopic (exact) mass is 400 g/mol. The van der Waals surface area contributed by atoms with Crippen LogP contribution in [0, 0.1) is 0 Å². The van der Waals surface area contributed by atoms with Gasteiger partial charge in [0.25, 0.3) is 11.8 Å². The lowest BCUT2D eigenvalue weighted by atomic mass is 10.3. The highest BCUT2D eigenvalue weighted by Gasteiger charge is 2.19. The van der Waals surface area contributed by atoms with Crippen molar-refractivity contribution in [3.8, 4) is 0 Å². The summed E-state index contributed by atoms with van der Waals surface area (Å²) in [4.78, 5) is 38.7. The average Bonchev–Trinajstić information content (AvgIpc) is 2.95. The molecule has 0 aliphatic carbocycles. The first kappa shape index (κ1) is 16.9. The van der Waals surface area contributed by atoms with Crippen LogP contribution < -0.4 is 16.4 Å². The van der Waals surface area contributed by atoms with Crippen molar-refractivity contribution in [2.45, 2.75) is 0 Å². The van der Waals surface area contributed by atoms with E-state index in [1.807, 2.05) is 0 Å². The summed E-state index contributed by atoms with van der Waals surface area (Å²) in [6, 6.07) is 3.09. The zero-order valence-electron chi connectivity index (χ0n) is 11.4. The number of carbonyl (C=O) groups is 3. The molecule has 0 fully saturated rings. The number of aromatic amines is 1. The quantitative estimate of drug-likeness (QED) is 0.545. The fraction of sp³-hybridized carbons (Fsp3) is 0.0833. The van der Waals surface area contributed by atoms with Crippen LogP contribution >= 0.6 is 27.5 Å². The van der Waals surface area contributed by atoms with E-state index in [1.165, 1.54) is 12.3 Å². The number of rotatable bonds is 5. The van der Waals surface area contributed by atoms with E-state index in [9.17, 15) is 14.4 Å². The summed E-state index contributed by atoms with van der Waals surface area (Å²) in [5.41, 5.74) is 4.99. The first-order chi connectivity index (χ1) is 10.9. The van der Waals surface area contributed by atoms with Crippen LogP contribution in [0.3, 0.4) is 0 Å². The van der Waals surface area contributed by atoms with Crippen LogP contribution in [0.25, 0.3) is 0 Å². The summed E-state index contributed by atoms with van der Waals surface area (Å²) in [7, 11) is 0. The number of aromatic nitrogens is 3. The van der Waals surface area contributed by atoms with Crippen molar-refractivity contribution < 1.29 is 14.4 Å². The highest BCUT2D eigenvalue weighted by Crippen LogP contribution is 2.19. The molecule has 11 heteroatoms. The predicted molar refractivity (Wildman–Crippen MR) is 85.0 cm³/mol. The molecule has 2 rings (SSSR count). The highest BCUT2D eigenvalue weighted by molar-refractivity contribution is 9.10. The van der Waals surface area contributed by atoms with Gasteiger partial charge in [0.15, 0.2) is 0 Å². The first-order valence-electron chi connectivity index (χ1n) is 6.11. The number of halogens is 2. The van der Waals surface area contributed by atoms with E-state index in [-0.39, 0.29) is 28.6 Å². The number of nitrogens with one attached hydrogen (secondary N) is 3. The van der Waals surface area contributed by atoms with Gasteiger partial charge in [0.1, 0.15) is 16.0 Å². The fourth-order valence-corrected chi connectivity index (χ4v) is 2.07. The minimum Gasteiger partial charge on any atom is -0.368 e. The number of hydrogen-bond acceptors (Lipinski definition) is 5. The number of carbonyl (C=O) groups excluding carboxylic acids is 3. The Kier molecular flexibility index (Phi) is 5.29. The van der Waals surface area contributed by atoms with Crippen LogP contribution in [0.1, 0.15) is 21.0 Å². The van der Waals surface area contributed by atoms with Crippen LogP contribution in [0.5, 0.6) is 0 Å². The molecule has 5 N–H and O–H groups in total. The zero-order valence-corrected chi connectivity index (χ0v) is 13.7. The van der Waals surface area contributed by atoms with Gasteiger partial charge in [-0.05, 0) is 28.1 Å². The van der Waals surface area contributed by atoms with E-state index in [0.29, 0.717) is 4.60 Å². The summed E-state index contributed by atoms with van der Waals surface area (Å²) in [6.07, 6.45) is 1.24. The molecular formula is C12H10BrClN6O3. The third-order valence-electron chi connectivity index (χ3n) is 2.56. The first-order valence-corrected chi connectivity index (χ1v) is 7.29. The summed E-state index contributed by atoms with van der Waals surface area (Å²) in [5, 5.41) is 11.0. The lowest BCUT2D eigenvalue weighted by molar-refractivity contribution is -0.117. The number of nitrogens with zero attached hydrogens (tertiary/aromatic N) is 2. The highest BCUT2D eigenvalue weighted by atomic mass is 79.9. The molecule has 0 spiro atoms. The number of H-pyrrole nitrogens is 1. The van der Waals surface area contributed by atoms with Crippen LogP contribution in [0.2, 0.25) is 5.02 Å². The Morgan fingerprint density at radius 3 is 2.74 bits per heavy atom. The van der Waals surface area contributed by atoms with Gasteiger partial charge >= 0.3 is 0 Å². The smallest absolute Gasteiger partial charge is 0.275 e. The molecule has 2 heterocycles. The molecule has 3 amide bonds. The van der Waals surface area contributed by atoms with Crippen molar-refractivity contribution in [2.75, 3.05) is 11.9 Å². The van der Waals surface area contributed by atoms with E-state index in [4.69, 9.17) is 17.3 Å². The second-order valence-corrected chi connectivity index (χ2v) is 5.45. The van der Waals surface area contributed by atoms with Crippen molar-refractivity contribution >= 4 is 50.9 Å². The lowest BCUT2D eigenvalue weighted by Crippen LogP contribution is -2.34. The minimum atomic E-state index is -0.700. The molecule has 0 atom stereocenters. The molecule has 120 valence electrons. The van der Waals surface area contributed by atoms with Crippen LogP contribution in [0.4, 0.5) is 5.69 Å². The normalized spacial score (nSPS) is 10.2. The van der Waals surface area contributed by atoms with Gasteiger partial charge in [0, 0.05) is 0 Å². The fourth-order valence-electron chi connectivity index (χ4n) is 1.57. The van der Waals surface area contributed by atoms with Gasteiger partial charge in [0.2, 0.25) is 5.91 Å². The Hall–Kier alpha value is -2.46. The molecule has 9 nitrogen and oxygen atoms in total. The number of amides is 3.